The van der Waals surface area contributed by atoms with Crippen molar-refractivity contribution in [1.29, 1.82) is 0 Å². The van der Waals surface area contributed by atoms with Crippen molar-refractivity contribution in [2.24, 2.45) is 10.8 Å². The fourth-order valence-corrected chi connectivity index (χ4v) is 16.0. The second-order valence-corrected chi connectivity index (χ2v) is 36.4. The Morgan fingerprint density at radius 1 is 0.246 bits per heavy atom. The molecule has 0 aliphatic rings. The minimum atomic E-state index is -0.574. The van der Waals surface area contributed by atoms with Gasteiger partial charge in [0.15, 0.2) is 0 Å². The molecule has 674 valence electrons. The van der Waals surface area contributed by atoms with Gasteiger partial charge in [0.2, 0.25) is 11.8 Å². The highest BCUT2D eigenvalue weighted by Crippen LogP contribution is 2.31. The summed E-state index contributed by atoms with van der Waals surface area (Å²) in [4.78, 5) is 85.4. The van der Waals surface area contributed by atoms with Crippen LogP contribution < -0.4 is 10.6 Å². The van der Waals surface area contributed by atoms with Gasteiger partial charge in [-0.1, -0.05) is 325 Å². The Hall–Kier alpha value is -3.26. The van der Waals surface area contributed by atoms with Crippen LogP contribution >= 0.6 is 0 Å². The molecule has 0 saturated heterocycles. The molecule has 2 unspecified atom stereocenters. The van der Waals surface area contributed by atoms with Gasteiger partial charge >= 0.3 is 23.9 Å². The zero-order valence-electron chi connectivity index (χ0n) is 78.0. The van der Waals surface area contributed by atoms with Crippen LogP contribution in [-0.2, 0) is 47.7 Å². The topological polar surface area (TPSA) is 170 Å². The number of hydrogen-bond acceptors (Lipinski definition) is 12. The quantitative estimate of drug-likeness (QED) is 0.0336. The van der Waals surface area contributed by atoms with E-state index in [1.807, 2.05) is 13.8 Å². The molecule has 0 aliphatic carbocycles. The molecule has 0 radical (unpaired) electrons. The third-order valence-corrected chi connectivity index (χ3v) is 24.3. The Morgan fingerprint density at radius 3 is 0.781 bits per heavy atom. The van der Waals surface area contributed by atoms with Gasteiger partial charge in [0.25, 0.3) is 0 Å². The van der Waals surface area contributed by atoms with E-state index in [9.17, 15) is 28.8 Å². The Bertz CT molecular complexity index is 2140. The Balaban J connectivity index is 5.80. The number of hydrogen-bond donors (Lipinski definition) is 2. The van der Waals surface area contributed by atoms with Crippen molar-refractivity contribution >= 4 is 35.7 Å². The first-order valence-electron chi connectivity index (χ1n) is 50.1. The molecule has 2 N–H and O–H groups in total. The van der Waals surface area contributed by atoms with Crippen molar-refractivity contribution in [3.63, 3.8) is 0 Å². The molecule has 0 saturated carbocycles. The highest BCUT2D eigenvalue weighted by atomic mass is 16.6. The molecular formula is C100H194N4O10. The van der Waals surface area contributed by atoms with E-state index < -0.39 is 10.8 Å². The summed E-state index contributed by atoms with van der Waals surface area (Å²) in [6.45, 7) is 32.0. The maximum Gasteiger partial charge on any atom is 0.311 e. The lowest BCUT2D eigenvalue weighted by Gasteiger charge is -2.27. The van der Waals surface area contributed by atoms with Gasteiger partial charge < -0.3 is 39.4 Å². The van der Waals surface area contributed by atoms with E-state index in [2.05, 4.69) is 89.7 Å². The number of unbranched alkanes of at least 4 members (excludes halogenated alkanes) is 44. The average Bonchev–Trinajstić information content (AvgIpc) is 0.876. The van der Waals surface area contributed by atoms with E-state index in [1.165, 1.54) is 218 Å². The van der Waals surface area contributed by atoms with Gasteiger partial charge in [-0.3, -0.25) is 28.8 Å². The zero-order valence-corrected chi connectivity index (χ0v) is 78.0. The lowest BCUT2D eigenvalue weighted by Crippen LogP contribution is -2.38. The van der Waals surface area contributed by atoms with Crippen LogP contribution in [0.2, 0.25) is 0 Å². The van der Waals surface area contributed by atoms with Crippen molar-refractivity contribution in [2.45, 2.75) is 544 Å². The summed E-state index contributed by atoms with van der Waals surface area (Å²) in [6, 6.07) is 0. The second-order valence-electron chi connectivity index (χ2n) is 36.4. The average molecular weight is 1610 g/mol. The number of carbonyl (C=O) groups excluding carboxylic acids is 6. The Morgan fingerprint density at radius 2 is 0.465 bits per heavy atom. The molecule has 2 amide bonds. The number of ether oxygens (including phenoxy) is 4. The molecule has 0 aromatic heterocycles. The molecule has 0 spiro atoms. The number of nitrogens with one attached hydrogen (secondary N) is 2. The van der Waals surface area contributed by atoms with Gasteiger partial charge in [-0.25, -0.2) is 0 Å². The molecule has 0 aromatic rings. The number of carbonyl (C=O) groups is 6. The van der Waals surface area contributed by atoms with Crippen molar-refractivity contribution in [2.75, 3.05) is 52.4 Å². The van der Waals surface area contributed by atoms with Gasteiger partial charge in [-0.2, -0.15) is 0 Å². The van der Waals surface area contributed by atoms with Crippen molar-refractivity contribution < 1.29 is 47.7 Å². The predicted octanol–water partition coefficient (Wildman–Crippen LogP) is 28.2. The molecule has 0 aliphatic heterocycles. The summed E-state index contributed by atoms with van der Waals surface area (Å²) in [5, 5.41) is 6.28. The third-order valence-electron chi connectivity index (χ3n) is 24.3. The summed E-state index contributed by atoms with van der Waals surface area (Å²) >= 11 is 0. The van der Waals surface area contributed by atoms with Gasteiger partial charge in [0.05, 0.1) is 10.8 Å². The van der Waals surface area contributed by atoms with Crippen LogP contribution in [-0.4, -0.2) is 122 Å². The fourth-order valence-electron chi connectivity index (χ4n) is 16.0. The molecule has 0 heterocycles. The number of nitrogens with zero attached hydrogens (tertiary/aromatic N) is 2. The summed E-state index contributed by atoms with van der Waals surface area (Å²) in [5.74, 6) is -0.473. The van der Waals surface area contributed by atoms with Crippen LogP contribution in [0.4, 0.5) is 0 Å². The summed E-state index contributed by atoms with van der Waals surface area (Å²) in [6.07, 6.45) is 74.0. The smallest absolute Gasteiger partial charge is 0.311 e. The van der Waals surface area contributed by atoms with Gasteiger partial charge in [-0.05, 0) is 195 Å². The molecule has 14 heteroatoms. The molecule has 0 fully saturated rings. The largest absolute Gasteiger partial charge is 0.462 e. The SMILES string of the molecule is CCCCCCCCCCC(CC)OC(=O)CCCCCN(CCCCCCCC(=O)OC(CCCCCCCC)CCCCCCCC)CCNC(=O)CCC(=O)NCCN(CCCCCCC(C)(C)C(=O)OC(CCCCCCCC)CCCCCCCC)CCCCC(C)(C)C(=O)OC(CC)CCCCCCCCCC. The minimum Gasteiger partial charge on any atom is -0.462 e. The van der Waals surface area contributed by atoms with Gasteiger partial charge in [0.1, 0.15) is 24.4 Å². The highest BCUT2D eigenvalue weighted by Gasteiger charge is 2.32. The summed E-state index contributed by atoms with van der Waals surface area (Å²) in [7, 11) is 0. The normalized spacial score (nSPS) is 12.5. The van der Waals surface area contributed by atoms with Crippen molar-refractivity contribution in [1.82, 2.24) is 20.4 Å². The van der Waals surface area contributed by atoms with Gasteiger partial charge in [0, 0.05) is 51.9 Å². The number of esters is 4. The number of rotatable bonds is 89. The first-order valence-corrected chi connectivity index (χ1v) is 50.1. The minimum absolute atomic E-state index is 0.00799. The fraction of sp³-hybridized carbons (Fsp3) is 0.940. The van der Waals surface area contributed by atoms with E-state index in [-0.39, 0.29) is 72.9 Å². The molecule has 0 rings (SSSR count). The van der Waals surface area contributed by atoms with Crippen LogP contribution in [0.3, 0.4) is 0 Å². The molecule has 0 bridgehead atoms. The van der Waals surface area contributed by atoms with Crippen molar-refractivity contribution in [3.8, 4) is 0 Å². The summed E-state index contributed by atoms with van der Waals surface area (Å²) < 4.78 is 24.7. The maximum atomic E-state index is 13.8. The molecular weight excluding hydrogens is 1420 g/mol. The van der Waals surface area contributed by atoms with Gasteiger partial charge in [-0.15, -0.1) is 0 Å². The summed E-state index contributed by atoms with van der Waals surface area (Å²) in [5.41, 5.74) is -1.11. The van der Waals surface area contributed by atoms with Crippen LogP contribution in [0.25, 0.3) is 0 Å². The first-order chi connectivity index (χ1) is 55.3. The molecule has 14 nitrogen and oxygen atoms in total. The second kappa shape index (κ2) is 80.8. The van der Waals surface area contributed by atoms with Crippen LogP contribution in [0.15, 0.2) is 0 Å². The van der Waals surface area contributed by atoms with E-state index in [4.69, 9.17) is 18.9 Å². The van der Waals surface area contributed by atoms with Crippen LogP contribution in [0, 0.1) is 10.8 Å². The number of amides is 2. The van der Waals surface area contributed by atoms with Crippen molar-refractivity contribution in [3.05, 3.63) is 0 Å². The highest BCUT2D eigenvalue weighted by molar-refractivity contribution is 5.83. The Kier molecular flexibility index (Phi) is 78.5. The third kappa shape index (κ3) is 70.6. The Labute approximate surface area is 707 Å². The van der Waals surface area contributed by atoms with E-state index in [1.54, 1.807) is 0 Å². The van der Waals surface area contributed by atoms with E-state index >= 15 is 0 Å². The zero-order chi connectivity index (χ0) is 83.9. The monoisotopic (exact) mass is 1610 g/mol. The molecule has 0 aromatic carbocycles. The maximum absolute atomic E-state index is 13.8. The standard InChI is InChI=1S/C100H194N4O10/c1-13-21-27-33-39-41-48-55-69-89(19-7)111-95(107)76-62-54-67-85-103(83-65-52-43-50-61-75-96(108)112-91(71-57-44-35-29-23-15-3)72-58-45-36-30-24-16-4)87-81-101-93(105)77-78-94(106)102-82-88-104(86-68-64-80-100(11,12)97(109)113-90(20-8)70-56-49-42-40-34-28-22-14-2)84-66-53-51-63-79-99(9,10)98(110)114-92(73-59-46-37-31-25-17-5)74-60-47-38-32-26-18-6/h89-92H,13-88H2,1-12H3,(H,101,105)(H,102,106). The predicted molar refractivity (Wildman–Crippen MR) is 485 cm³/mol. The molecule has 2 atom stereocenters. The molecule has 114 heavy (non-hydrogen) atoms. The first kappa shape index (κ1) is 111. The van der Waals surface area contributed by atoms with Crippen LogP contribution in [0.5, 0.6) is 0 Å². The van der Waals surface area contributed by atoms with E-state index in [0.29, 0.717) is 39.0 Å². The van der Waals surface area contributed by atoms with E-state index in [0.717, 1.165) is 219 Å². The lowest BCUT2D eigenvalue weighted by molar-refractivity contribution is -0.161. The van der Waals surface area contributed by atoms with Crippen LogP contribution in [0.1, 0.15) is 520 Å². The lowest BCUT2D eigenvalue weighted by atomic mass is 9.86.